The lowest BCUT2D eigenvalue weighted by molar-refractivity contribution is 0.731. The summed E-state index contributed by atoms with van der Waals surface area (Å²) in [7, 11) is 3.89. The molecule has 0 bridgehead atoms. The fourth-order valence-electron chi connectivity index (χ4n) is 3.04. The number of rotatable bonds is 3. The van der Waals surface area contributed by atoms with E-state index >= 15 is 0 Å². The summed E-state index contributed by atoms with van der Waals surface area (Å²) in [5.41, 5.74) is 5.87. The predicted octanol–water partition coefficient (Wildman–Crippen LogP) is 2.64. The van der Waals surface area contributed by atoms with E-state index in [1.165, 1.54) is 12.8 Å². The van der Waals surface area contributed by atoms with Gasteiger partial charge in [-0.15, -0.1) is 0 Å². The zero-order valence-electron chi connectivity index (χ0n) is 14.2. The first-order valence-corrected chi connectivity index (χ1v) is 7.94. The van der Waals surface area contributed by atoms with E-state index in [4.69, 9.17) is 9.97 Å². The lowest BCUT2D eigenvalue weighted by atomic mass is 10.2. The molecule has 1 N–H and O–H groups in total. The Kier molecular flexibility index (Phi) is 2.94. The van der Waals surface area contributed by atoms with Crippen molar-refractivity contribution in [3.63, 3.8) is 0 Å². The van der Waals surface area contributed by atoms with Crippen molar-refractivity contribution in [2.75, 3.05) is 5.32 Å². The van der Waals surface area contributed by atoms with Crippen LogP contribution in [0.1, 0.15) is 41.7 Å². The van der Waals surface area contributed by atoms with Crippen molar-refractivity contribution >= 4 is 22.5 Å². The first kappa shape index (κ1) is 14.2. The van der Waals surface area contributed by atoms with E-state index in [0.717, 1.165) is 45.4 Å². The van der Waals surface area contributed by atoms with Gasteiger partial charge in [0.25, 0.3) is 0 Å². The molecule has 1 fully saturated rings. The average Bonchev–Trinajstić information content (AvgIpc) is 3.27. The number of nitrogens with zero attached hydrogens (tertiary/aromatic N) is 6. The van der Waals surface area contributed by atoms with Crippen LogP contribution in [0.5, 0.6) is 0 Å². The molecule has 120 valence electrons. The van der Waals surface area contributed by atoms with Crippen LogP contribution in [-0.4, -0.2) is 29.5 Å². The topological polar surface area (TPSA) is 73.5 Å². The van der Waals surface area contributed by atoms with Gasteiger partial charge in [0, 0.05) is 20.0 Å². The molecular formula is C16H21N7. The van der Waals surface area contributed by atoms with Gasteiger partial charge in [-0.2, -0.15) is 10.2 Å². The summed E-state index contributed by atoms with van der Waals surface area (Å²) in [5, 5.41) is 12.5. The third-order valence-corrected chi connectivity index (χ3v) is 4.56. The molecule has 0 radical (unpaired) electrons. The summed E-state index contributed by atoms with van der Waals surface area (Å²) in [5.74, 6) is 2.24. The highest BCUT2D eigenvalue weighted by atomic mass is 15.3. The number of hydrogen-bond donors (Lipinski definition) is 1. The molecule has 4 rings (SSSR count). The highest BCUT2D eigenvalue weighted by molar-refractivity contribution is 5.89. The molecule has 1 aliphatic carbocycles. The molecule has 0 aromatic carbocycles. The van der Waals surface area contributed by atoms with E-state index in [1.807, 2.05) is 37.3 Å². The third-order valence-electron chi connectivity index (χ3n) is 4.56. The van der Waals surface area contributed by atoms with Crippen LogP contribution in [0.15, 0.2) is 0 Å². The molecule has 3 aromatic heterocycles. The second-order valence-electron chi connectivity index (χ2n) is 6.41. The van der Waals surface area contributed by atoms with Crippen LogP contribution in [-0.2, 0) is 14.1 Å². The Balaban J connectivity index is 1.91. The van der Waals surface area contributed by atoms with Crippen molar-refractivity contribution in [1.82, 2.24) is 29.5 Å². The average molecular weight is 311 g/mol. The van der Waals surface area contributed by atoms with Gasteiger partial charge >= 0.3 is 0 Å². The Labute approximate surface area is 134 Å². The van der Waals surface area contributed by atoms with E-state index < -0.39 is 0 Å². The minimum Gasteiger partial charge on any atom is -0.335 e. The van der Waals surface area contributed by atoms with Gasteiger partial charge in [0.2, 0.25) is 0 Å². The van der Waals surface area contributed by atoms with E-state index in [1.54, 1.807) is 0 Å². The van der Waals surface area contributed by atoms with Crippen LogP contribution < -0.4 is 5.32 Å². The molecule has 23 heavy (non-hydrogen) atoms. The molecule has 0 aliphatic heterocycles. The van der Waals surface area contributed by atoms with Crippen molar-refractivity contribution in [2.24, 2.45) is 14.1 Å². The summed E-state index contributed by atoms with van der Waals surface area (Å²) >= 11 is 0. The van der Waals surface area contributed by atoms with Gasteiger partial charge in [0.15, 0.2) is 5.82 Å². The number of anilines is 2. The molecule has 7 heteroatoms. The monoisotopic (exact) mass is 311 g/mol. The van der Waals surface area contributed by atoms with Crippen LogP contribution in [0.4, 0.5) is 11.5 Å². The molecule has 0 unspecified atom stereocenters. The molecule has 7 nitrogen and oxygen atoms in total. The Morgan fingerprint density at radius 3 is 2.26 bits per heavy atom. The molecule has 0 saturated heterocycles. The van der Waals surface area contributed by atoms with E-state index in [0.29, 0.717) is 5.92 Å². The summed E-state index contributed by atoms with van der Waals surface area (Å²) in [4.78, 5) is 9.56. The maximum Gasteiger partial charge on any atom is 0.160 e. The molecule has 0 atom stereocenters. The van der Waals surface area contributed by atoms with Gasteiger partial charge in [0.05, 0.1) is 22.8 Å². The molecule has 3 aromatic rings. The van der Waals surface area contributed by atoms with Crippen LogP contribution in [0.25, 0.3) is 11.0 Å². The van der Waals surface area contributed by atoms with Crippen molar-refractivity contribution in [2.45, 2.75) is 39.5 Å². The quantitative estimate of drug-likeness (QED) is 0.805. The van der Waals surface area contributed by atoms with Crippen molar-refractivity contribution in [1.29, 1.82) is 0 Å². The van der Waals surface area contributed by atoms with E-state index in [9.17, 15) is 0 Å². The first-order valence-electron chi connectivity index (χ1n) is 7.94. The zero-order valence-corrected chi connectivity index (χ0v) is 14.2. The van der Waals surface area contributed by atoms with Crippen LogP contribution >= 0.6 is 0 Å². The highest BCUT2D eigenvalue weighted by Gasteiger charge is 2.29. The molecule has 3 heterocycles. The van der Waals surface area contributed by atoms with Crippen molar-refractivity contribution < 1.29 is 0 Å². The summed E-state index contributed by atoms with van der Waals surface area (Å²) in [6.07, 6.45) is 2.35. The smallest absolute Gasteiger partial charge is 0.160 e. The van der Waals surface area contributed by atoms with Gasteiger partial charge in [-0.1, -0.05) is 0 Å². The Morgan fingerprint density at radius 2 is 1.65 bits per heavy atom. The number of aromatic nitrogens is 6. The van der Waals surface area contributed by atoms with Crippen LogP contribution in [0.2, 0.25) is 0 Å². The van der Waals surface area contributed by atoms with E-state index in [2.05, 4.69) is 22.4 Å². The molecular weight excluding hydrogens is 290 g/mol. The SMILES string of the molecule is Cc1nn(C)c(C)c1Nc1nc(C2CC2)nc2c(C)nn(C)c12. The largest absolute Gasteiger partial charge is 0.335 e. The fourth-order valence-corrected chi connectivity index (χ4v) is 3.04. The van der Waals surface area contributed by atoms with Gasteiger partial charge in [-0.05, 0) is 33.6 Å². The minimum absolute atomic E-state index is 0.496. The molecule has 1 saturated carbocycles. The Bertz CT molecular complexity index is 915. The molecule has 0 amide bonds. The number of fused-ring (bicyclic) bond motifs is 1. The minimum atomic E-state index is 0.496. The van der Waals surface area contributed by atoms with Gasteiger partial charge in [-0.25, -0.2) is 9.97 Å². The third kappa shape index (κ3) is 2.18. The van der Waals surface area contributed by atoms with Crippen molar-refractivity contribution in [3.05, 3.63) is 22.9 Å². The number of aryl methyl sites for hydroxylation is 4. The highest BCUT2D eigenvalue weighted by Crippen LogP contribution is 2.40. The lowest BCUT2D eigenvalue weighted by Crippen LogP contribution is -2.04. The molecule has 0 spiro atoms. The number of nitrogens with one attached hydrogen (secondary N) is 1. The normalized spacial score (nSPS) is 14.7. The van der Waals surface area contributed by atoms with Crippen LogP contribution in [0, 0.1) is 20.8 Å². The number of hydrogen-bond acceptors (Lipinski definition) is 5. The van der Waals surface area contributed by atoms with Gasteiger partial charge in [0.1, 0.15) is 16.9 Å². The first-order chi connectivity index (χ1) is 11.0. The predicted molar refractivity (Wildman–Crippen MR) is 89.0 cm³/mol. The lowest BCUT2D eigenvalue weighted by Gasteiger charge is -2.10. The standard InChI is InChI=1S/C16H21N7/c1-8-12(10(3)22(4)20-8)17-16-14-13(9(2)21-23(14)5)18-15(19-16)11-6-7-11/h11H,6-7H2,1-5H3,(H,17,18,19). The molecule has 1 aliphatic rings. The van der Waals surface area contributed by atoms with Gasteiger partial charge < -0.3 is 5.32 Å². The van der Waals surface area contributed by atoms with E-state index in [-0.39, 0.29) is 0 Å². The summed E-state index contributed by atoms with van der Waals surface area (Å²) in [6, 6.07) is 0. The Morgan fingerprint density at radius 1 is 0.957 bits per heavy atom. The fraction of sp³-hybridized carbons (Fsp3) is 0.500. The maximum atomic E-state index is 4.80. The summed E-state index contributed by atoms with van der Waals surface area (Å²) < 4.78 is 3.73. The van der Waals surface area contributed by atoms with Gasteiger partial charge in [-0.3, -0.25) is 9.36 Å². The van der Waals surface area contributed by atoms with Crippen molar-refractivity contribution in [3.8, 4) is 0 Å². The second-order valence-corrected chi connectivity index (χ2v) is 6.41. The summed E-state index contributed by atoms with van der Waals surface area (Å²) in [6.45, 7) is 6.05. The Hall–Kier alpha value is -2.44. The zero-order chi connectivity index (χ0) is 16.3. The second kappa shape index (κ2) is 4.78. The maximum absolute atomic E-state index is 4.80. The van der Waals surface area contributed by atoms with Crippen LogP contribution in [0.3, 0.4) is 0 Å².